The molecule has 0 unspecified atom stereocenters. The number of amides is 2. The van der Waals surface area contributed by atoms with Gasteiger partial charge in [0.1, 0.15) is 5.75 Å². The first-order valence-electron chi connectivity index (χ1n) is 11.0. The molecule has 0 fully saturated rings. The number of nitrogens with one attached hydrogen (secondary N) is 2. The van der Waals surface area contributed by atoms with Crippen LogP contribution < -0.4 is 25.0 Å². The van der Waals surface area contributed by atoms with Crippen molar-refractivity contribution in [1.82, 2.24) is 5.43 Å². The van der Waals surface area contributed by atoms with E-state index in [9.17, 15) is 14.4 Å². The Morgan fingerprint density at radius 3 is 2.31 bits per heavy atom. The van der Waals surface area contributed by atoms with E-state index in [1.807, 2.05) is 26.0 Å². The summed E-state index contributed by atoms with van der Waals surface area (Å²) in [6.45, 7) is 5.38. The molecule has 0 saturated carbocycles. The molecule has 36 heavy (non-hydrogen) atoms. The number of carbonyl (C=O) groups excluding carboxylic acids is 3. The summed E-state index contributed by atoms with van der Waals surface area (Å²) < 4.78 is 16.0. The minimum Gasteiger partial charge on any atom is -0.497 e. The maximum atomic E-state index is 12.5. The number of hydrogen-bond acceptors (Lipinski definition) is 7. The maximum absolute atomic E-state index is 12.5. The number of hydrogen-bond donors (Lipinski definition) is 2. The summed E-state index contributed by atoms with van der Waals surface area (Å²) in [5, 5.41) is 6.59. The zero-order valence-electron chi connectivity index (χ0n) is 20.7. The first-order chi connectivity index (χ1) is 17.2. The predicted molar refractivity (Wildman–Crippen MR) is 136 cm³/mol. The Balaban J connectivity index is 1.68. The number of carbonyl (C=O) groups is 3. The molecule has 0 aliphatic carbocycles. The lowest BCUT2D eigenvalue weighted by Gasteiger charge is -2.12. The second-order valence-corrected chi connectivity index (χ2v) is 7.90. The number of nitrogens with zero attached hydrogens (tertiary/aromatic N) is 1. The van der Waals surface area contributed by atoms with Gasteiger partial charge in [0.05, 0.1) is 25.5 Å². The number of methoxy groups -OCH3 is 2. The van der Waals surface area contributed by atoms with E-state index in [0.717, 1.165) is 11.1 Å². The summed E-state index contributed by atoms with van der Waals surface area (Å²) in [5.74, 6) is -1.30. The lowest BCUT2D eigenvalue weighted by atomic mass is 10.1. The van der Waals surface area contributed by atoms with E-state index in [2.05, 4.69) is 15.8 Å². The van der Waals surface area contributed by atoms with E-state index >= 15 is 0 Å². The van der Waals surface area contributed by atoms with Crippen molar-refractivity contribution >= 4 is 29.2 Å². The zero-order chi connectivity index (χ0) is 26.2. The van der Waals surface area contributed by atoms with Crippen molar-refractivity contribution in [3.8, 4) is 17.2 Å². The predicted octanol–water partition coefficient (Wildman–Crippen LogP) is 4.02. The van der Waals surface area contributed by atoms with Crippen molar-refractivity contribution in [3.05, 3.63) is 82.9 Å². The minimum absolute atomic E-state index is 0.207. The molecule has 0 aliphatic rings. The zero-order valence-corrected chi connectivity index (χ0v) is 20.7. The Hall–Kier alpha value is -4.66. The number of aryl methyl sites for hydroxylation is 2. The van der Waals surface area contributed by atoms with Crippen molar-refractivity contribution in [2.45, 2.75) is 20.8 Å². The van der Waals surface area contributed by atoms with Gasteiger partial charge in [-0.05, 0) is 74.4 Å². The fraction of sp³-hybridized carbons (Fsp3) is 0.185. The quantitative estimate of drug-likeness (QED) is 0.170. The standard InChI is InChI=1S/C27H27N3O6/c1-16-9-10-17(2)22(13-16)28-25(31)26(32)30-29-18(3)19-11-12-23(24(15-19)35-5)36-27(33)20-7-6-8-21(14-20)34-4/h6-15H,1-5H3,(H,28,31)(H,30,32)/b29-18+. The van der Waals surface area contributed by atoms with Gasteiger partial charge in [0.2, 0.25) is 0 Å². The molecule has 3 aromatic carbocycles. The van der Waals surface area contributed by atoms with Crippen LogP contribution in [-0.4, -0.2) is 37.7 Å². The molecule has 0 spiro atoms. The Kier molecular flexibility index (Phi) is 8.40. The molecule has 3 rings (SSSR count). The van der Waals surface area contributed by atoms with Crippen LogP contribution in [0.1, 0.15) is 34.0 Å². The summed E-state index contributed by atoms with van der Waals surface area (Å²) in [7, 11) is 2.95. The van der Waals surface area contributed by atoms with Crippen LogP contribution in [-0.2, 0) is 9.59 Å². The molecule has 186 valence electrons. The SMILES string of the molecule is COc1cccc(C(=O)Oc2ccc(/C(C)=N/NC(=O)C(=O)Nc3cc(C)ccc3C)cc2OC)c1. The van der Waals surface area contributed by atoms with Crippen molar-refractivity contribution in [2.24, 2.45) is 5.10 Å². The molecular weight excluding hydrogens is 462 g/mol. The number of benzene rings is 3. The summed E-state index contributed by atoms with van der Waals surface area (Å²) in [4.78, 5) is 37.0. The van der Waals surface area contributed by atoms with Gasteiger partial charge in [-0.15, -0.1) is 0 Å². The molecule has 0 radical (unpaired) electrons. The normalized spacial score (nSPS) is 10.9. The number of esters is 1. The van der Waals surface area contributed by atoms with Gasteiger partial charge in [0.25, 0.3) is 0 Å². The summed E-state index contributed by atoms with van der Waals surface area (Å²) in [6, 6.07) is 17.0. The fourth-order valence-electron chi connectivity index (χ4n) is 3.19. The molecule has 0 saturated heterocycles. The summed E-state index contributed by atoms with van der Waals surface area (Å²) in [6.07, 6.45) is 0. The highest BCUT2D eigenvalue weighted by Gasteiger charge is 2.16. The third-order valence-electron chi connectivity index (χ3n) is 5.26. The van der Waals surface area contributed by atoms with Crippen LogP contribution in [0.3, 0.4) is 0 Å². The average molecular weight is 490 g/mol. The monoisotopic (exact) mass is 489 g/mol. The molecule has 2 amide bonds. The number of rotatable bonds is 7. The molecule has 3 aromatic rings. The van der Waals surface area contributed by atoms with Gasteiger partial charge in [-0.2, -0.15) is 5.10 Å². The summed E-state index contributed by atoms with van der Waals surface area (Å²) >= 11 is 0. The Bertz CT molecular complexity index is 1330. The van der Waals surface area contributed by atoms with Crippen LogP contribution in [0.25, 0.3) is 0 Å². The van der Waals surface area contributed by atoms with Crippen molar-refractivity contribution in [3.63, 3.8) is 0 Å². The Labute approximate surface area is 209 Å². The lowest BCUT2D eigenvalue weighted by Crippen LogP contribution is -2.33. The molecule has 0 aliphatic heterocycles. The van der Waals surface area contributed by atoms with Crippen LogP contribution in [0.15, 0.2) is 65.8 Å². The third-order valence-corrected chi connectivity index (χ3v) is 5.26. The largest absolute Gasteiger partial charge is 0.497 e. The van der Waals surface area contributed by atoms with Crippen LogP contribution in [0, 0.1) is 13.8 Å². The van der Waals surface area contributed by atoms with E-state index in [-0.39, 0.29) is 11.5 Å². The minimum atomic E-state index is -0.911. The Morgan fingerprint density at radius 1 is 0.806 bits per heavy atom. The van der Waals surface area contributed by atoms with Crippen LogP contribution in [0.2, 0.25) is 0 Å². The van der Waals surface area contributed by atoms with Gasteiger partial charge in [0.15, 0.2) is 11.5 Å². The molecule has 0 aromatic heterocycles. The van der Waals surface area contributed by atoms with Crippen LogP contribution >= 0.6 is 0 Å². The maximum Gasteiger partial charge on any atom is 0.343 e. The molecule has 2 N–H and O–H groups in total. The Morgan fingerprint density at radius 2 is 1.58 bits per heavy atom. The van der Waals surface area contributed by atoms with Gasteiger partial charge in [-0.25, -0.2) is 10.2 Å². The van der Waals surface area contributed by atoms with Crippen molar-refractivity contribution < 1.29 is 28.6 Å². The first kappa shape index (κ1) is 26.0. The second-order valence-electron chi connectivity index (χ2n) is 7.90. The molecule has 0 heterocycles. The summed E-state index contributed by atoms with van der Waals surface area (Å²) in [5.41, 5.74) is 5.91. The average Bonchev–Trinajstić information content (AvgIpc) is 2.89. The highest BCUT2D eigenvalue weighted by molar-refractivity contribution is 6.39. The van der Waals surface area contributed by atoms with Gasteiger partial charge in [-0.3, -0.25) is 9.59 Å². The van der Waals surface area contributed by atoms with E-state index in [0.29, 0.717) is 28.3 Å². The smallest absolute Gasteiger partial charge is 0.343 e. The molecule has 0 bridgehead atoms. The van der Waals surface area contributed by atoms with Gasteiger partial charge in [0, 0.05) is 11.3 Å². The molecular formula is C27H27N3O6. The van der Waals surface area contributed by atoms with Crippen molar-refractivity contribution in [2.75, 3.05) is 19.5 Å². The second kappa shape index (κ2) is 11.7. The number of anilines is 1. The van der Waals surface area contributed by atoms with E-state index in [1.165, 1.54) is 14.2 Å². The highest BCUT2D eigenvalue weighted by Crippen LogP contribution is 2.29. The van der Waals surface area contributed by atoms with Crippen LogP contribution in [0.4, 0.5) is 5.69 Å². The van der Waals surface area contributed by atoms with E-state index in [1.54, 1.807) is 55.5 Å². The van der Waals surface area contributed by atoms with Crippen LogP contribution in [0.5, 0.6) is 17.2 Å². The molecule has 9 heteroatoms. The van der Waals surface area contributed by atoms with Gasteiger partial charge in [-0.1, -0.05) is 18.2 Å². The number of hydrazone groups is 1. The van der Waals surface area contributed by atoms with E-state index < -0.39 is 17.8 Å². The lowest BCUT2D eigenvalue weighted by molar-refractivity contribution is -0.136. The third kappa shape index (κ3) is 6.47. The number of ether oxygens (including phenoxy) is 3. The first-order valence-corrected chi connectivity index (χ1v) is 11.0. The molecule has 9 nitrogen and oxygen atoms in total. The van der Waals surface area contributed by atoms with Crippen molar-refractivity contribution in [1.29, 1.82) is 0 Å². The van der Waals surface area contributed by atoms with E-state index in [4.69, 9.17) is 14.2 Å². The fourth-order valence-corrected chi connectivity index (χ4v) is 3.19. The highest BCUT2D eigenvalue weighted by atomic mass is 16.6. The topological polar surface area (TPSA) is 115 Å². The van der Waals surface area contributed by atoms with Gasteiger partial charge >= 0.3 is 17.8 Å². The van der Waals surface area contributed by atoms with Gasteiger partial charge < -0.3 is 19.5 Å². The molecule has 0 atom stereocenters.